The molecule has 4 aliphatic carbocycles. The van der Waals surface area contributed by atoms with Crippen LogP contribution in [0.1, 0.15) is 52.9 Å². The molecule has 7 atom stereocenters. The maximum absolute atomic E-state index is 11.9. The van der Waals surface area contributed by atoms with Gasteiger partial charge >= 0.3 is 0 Å². The molecular formula is C23H36O3Si. The highest BCUT2D eigenvalue weighted by atomic mass is 28.4. The summed E-state index contributed by atoms with van der Waals surface area (Å²) in [5, 5.41) is 11.0. The van der Waals surface area contributed by atoms with Crippen LogP contribution in [0, 0.1) is 28.6 Å². The first-order valence-corrected chi connectivity index (χ1v) is 14.1. The summed E-state index contributed by atoms with van der Waals surface area (Å²) in [7, 11) is -1.63. The Kier molecular flexibility index (Phi) is 4.28. The Bertz CT molecular complexity index is 720. The lowest BCUT2D eigenvalue weighted by atomic mass is 9.47. The Morgan fingerprint density at radius 2 is 1.78 bits per heavy atom. The zero-order chi connectivity index (χ0) is 19.8. The van der Waals surface area contributed by atoms with Crippen LogP contribution in [0.2, 0.25) is 19.6 Å². The van der Waals surface area contributed by atoms with Crippen molar-refractivity contribution in [2.75, 3.05) is 0 Å². The molecule has 0 amide bonds. The standard InChI is InChI=1S/C23H36O3Si/c1-21-10-7-15(24)13-19(21)20(25)14-16-17(21)8-11-22(2)18(16)9-12-23(22,3)26-27(4,5)6/h7,10,13,16-18,20,25H,8-9,11-12,14H2,1-6H3/t16?,17?,18?,20-,21?,22?,23-/m1/s1. The number of rotatable bonds is 2. The molecule has 1 N–H and O–H groups in total. The smallest absolute Gasteiger partial charge is 0.184 e. The Hall–Kier alpha value is -0.713. The summed E-state index contributed by atoms with van der Waals surface area (Å²) in [6, 6.07) is 0. The fourth-order valence-electron chi connectivity index (χ4n) is 7.32. The monoisotopic (exact) mass is 388 g/mol. The van der Waals surface area contributed by atoms with Gasteiger partial charge in [0.15, 0.2) is 14.1 Å². The van der Waals surface area contributed by atoms with Gasteiger partial charge in [0.1, 0.15) is 0 Å². The van der Waals surface area contributed by atoms with Gasteiger partial charge < -0.3 is 9.53 Å². The Morgan fingerprint density at radius 3 is 2.44 bits per heavy atom. The van der Waals surface area contributed by atoms with Gasteiger partial charge in [-0.25, -0.2) is 0 Å². The predicted molar refractivity (Wildman–Crippen MR) is 111 cm³/mol. The highest BCUT2D eigenvalue weighted by Crippen LogP contribution is 2.67. The summed E-state index contributed by atoms with van der Waals surface area (Å²) in [6.07, 6.45) is 10.5. The van der Waals surface area contributed by atoms with E-state index in [0.717, 1.165) is 24.8 Å². The van der Waals surface area contributed by atoms with Gasteiger partial charge in [-0.15, -0.1) is 0 Å². The molecule has 3 saturated carbocycles. The van der Waals surface area contributed by atoms with Crippen LogP contribution in [0.25, 0.3) is 0 Å². The average molecular weight is 389 g/mol. The predicted octanol–water partition coefficient (Wildman–Crippen LogP) is 4.88. The fraction of sp³-hybridized carbons (Fsp3) is 0.783. The van der Waals surface area contributed by atoms with Crippen LogP contribution in [-0.2, 0) is 9.22 Å². The normalized spacial score (nSPS) is 49.3. The number of aliphatic hydroxyl groups excluding tert-OH is 1. The largest absolute Gasteiger partial charge is 0.412 e. The first kappa shape index (κ1) is 19.6. The molecule has 150 valence electrons. The van der Waals surface area contributed by atoms with E-state index in [9.17, 15) is 9.90 Å². The molecule has 0 aromatic heterocycles. The van der Waals surface area contributed by atoms with E-state index < -0.39 is 14.4 Å². The van der Waals surface area contributed by atoms with Crippen molar-refractivity contribution in [3.63, 3.8) is 0 Å². The maximum atomic E-state index is 11.9. The minimum atomic E-state index is -1.63. The number of fused-ring (bicyclic) bond motifs is 5. The van der Waals surface area contributed by atoms with E-state index in [2.05, 4.69) is 46.5 Å². The summed E-state index contributed by atoms with van der Waals surface area (Å²) in [6.45, 7) is 14.0. The zero-order valence-corrected chi connectivity index (χ0v) is 18.8. The Morgan fingerprint density at radius 1 is 1.11 bits per heavy atom. The number of hydrogen-bond acceptors (Lipinski definition) is 3. The lowest BCUT2D eigenvalue weighted by Gasteiger charge is -2.59. The molecule has 0 bridgehead atoms. The number of carbonyl (C=O) groups excluding carboxylic acids is 1. The maximum Gasteiger partial charge on any atom is 0.184 e. The molecule has 0 aliphatic heterocycles. The van der Waals surface area contributed by atoms with Gasteiger partial charge in [0.25, 0.3) is 0 Å². The number of aliphatic hydroxyl groups is 1. The Labute approximate surface area is 165 Å². The van der Waals surface area contributed by atoms with Crippen LogP contribution < -0.4 is 0 Å². The van der Waals surface area contributed by atoms with Crippen LogP contribution in [-0.4, -0.2) is 30.9 Å². The summed E-state index contributed by atoms with van der Waals surface area (Å²) in [5.74, 6) is 1.64. The van der Waals surface area contributed by atoms with Crippen molar-refractivity contribution in [2.45, 2.75) is 84.2 Å². The highest BCUT2D eigenvalue weighted by molar-refractivity contribution is 6.69. The van der Waals surface area contributed by atoms with E-state index >= 15 is 0 Å². The SMILES string of the molecule is CC12C=CC(=O)C=C1[C@H](O)CC1C2CCC2(C)C1CC[C@@]2(C)O[Si](C)(C)C. The molecule has 27 heavy (non-hydrogen) atoms. The van der Waals surface area contributed by atoms with Crippen molar-refractivity contribution in [3.8, 4) is 0 Å². The second-order valence-corrected chi connectivity index (χ2v) is 15.6. The van der Waals surface area contributed by atoms with Crippen molar-refractivity contribution in [1.82, 2.24) is 0 Å². The number of ketones is 1. The van der Waals surface area contributed by atoms with Gasteiger partial charge in [-0.05, 0) is 99.6 Å². The van der Waals surface area contributed by atoms with Gasteiger partial charge in [0, 0.05) is 5.41 Å². The molecule has 5 unspecified atom stereocenters. The van der Waals surface area contributed by atoms with E-state index in [1.54, 1.807) is 12.2 Å². The van der Waals surface area contributed by atoms with Crippen molar-refractivity contribution >= 4 is 14.1 Å². The second kappa shape index (κ2) is 5.90. The third-order valence-electron chi connectivity index (χ3n) is 8.64. The fourth-order valence-corrected chi connectivity index (χ4v) is 9.00. The molecule has 3 fully saturated rings. The zero-order valence-electron chi connectivity index (χ0n) is 17.8. The van der Waals surface area contributed by atoms with Crippen LogP contribution in [0.5, 0.6) is 0 Å². The molecule has 0 saturated heterocycles. The lowest BCUT2D eigenvalue weighted by molar-refractivity contribution is -0.116. The summed E-state index contributed by atoms with van der Waals surface area (Å²) >= 11 is 0. The third-order valence-corrected chi connectivity index (χ3v) is 9.70. The first-order chi connectivity index (χ1) is 12.4. The van der Waals surface area contributed by atoms with E-state index in [0.29, 0.717) is 17.8 Å². The molecule has 0 radical (unpaired) electrons. The minimum absolute atomic E-state index is 0.0256. The van der Waals surface area contributed by atoms with Gasteiger partial charge in [-0.1, -0.05) is 19.9 Å². The molecule has 4 rings (SSSR count). The van der Waals surface area contributed by atoms with Crippen molar-refractivity contribution in [1.29, 1.82) is 0 Å². The molecule has 3 nitrogen and oxygen atoms in total. The number of carbonyl (C=O) groups is 1. The highest BCUT2D eigenvalue weighted by Gasteiger charge is 2.64. The van der Waals surface area contributed by atoms with Gasteiger partial charge in [-0.2, -0.15) is 0 Å². The lowest BCUT2D eigenvalue weighted by Crippen LogP contribution is -2.57. The van der Waals surface area contributed by atoms with Gasteiger partial charge in [-0.3, -0.25) is 4.79 Å². The average Bonchev–Trinajstić information content (AvgIpc) is 2.79. The quantitative estimate of drug-likeness (QED) is 0.686. The van der Waals surface area contributed by atoms with Gasteiger partial charge in [0.2, 0.25) is 0 Å². The van der Waals surface area contributed by atoms with Crippen LogP contribution in [0.15, 0.2) is 23.8 Å². The Balaban J connectivity index is 1.69. The molecule has 0 spiro atoms. The van der Waals surface area contributed by atoms with Gasteiger partial charge in [0.05, 0.1) is 11.7 Å². The van der Waals surface area contributed by atoms with Crippen LogP contribution >= 0.6 is 0 Å². The van der Waals surface area contributed by atoms with Crippen molar-refractivity contribution < 1.29 is 14.3 Å². The van der Waals surface area contributed by atoms with Crippen molar-refractivity contribution in [2.24, 2.45) is 28.6 Å². The van der Waals surface area contributed by atoms with E-state index in [1.807, 2.05) is 0 Å². The van der Waals surface area contributed by atoms with E-state index in [-0.39, 0.29) is 22.2 Å². The molecule has 4 heteroatoms. The van der Waals surface area contributed by atoms with E-state index in [4.69, 9.17) is 4.43 Å². The minimum Gasteiger partial charge on any atom is -0.412 e. The first-order valence-electron chi connectivity index (χ1n) is 10.7. The summed E-state index contributed by atoms with van der Waals surface area (Å²) in [4.78, 5) is 11.9. The topological polar surface area (TPSA) is 46.5 Å². The third kappa shape index (κ3) is 2.78. The molecular weight excluding hydrogens is 352 g/mol. The van der Waals surface area contributed by atoms with E-state index in [1.165, 1.54) is 12.8 Å². The van der Waals surface area contributed by atoms with Crippen LogP contribution in [0.4, 0.5) is 0 Å². The molecule has 0 aromatic carbocycles. The number of hydrogen-bond donors (Lipinski definition) is 1. The number of allylic oxidation sites excluding steroid dienone is 3. The van der Waals surface area contributed by atoms with Crippen LogP contribution in [0.3, 0.4) is 0 Å². The molecule has 0 aromatic rings. The molecule has 0 heterocycles. The summed E-state index contributed by atoms with van der Waals surface area (Å²) in [5.41, 5.74) is 0.919. The van der Waals surface area contributed by atoms with Crippen molar-refractivity contribution in [3.05, 3.63) is 23.8 Å². The second-order valence-electron chi connectivity index (χ2n) is 11.2. The summed E-state index contributed by atoms with van der Waals surface area (Å²) < 4.78 is 6.82. The molecule has 4 aliphatic rings.